The van der Waals surface area contributed by atoms with E-state index in [-0.39, 0.29) is 0 Å². The van der Waals surface area contributed by atoms with Gasteiger partial charge in [0.15, 0.2) is 5.65 Å². The minimum absolute atomic E-state index is 0.301. The molecule has 1 aliphatic carbocycles. The minimum atomic E-state index is 0.301. The Bertz CT molecular complexity index is 1530. The Morgan fingerprint density at radius 3 is 2.26 bits per heavy atom. The van der Waals surface area contributed by atoms with Gasteiger partial charge in [0.05, 0.1) is 11.4 Å². The van der Waals surface area contributed by atoms with Gasteiger partial charge < -0.3 is 15.8 Å². The molecule has 3 aliphatic heterocycles. The van der Waals surface area contributed by atoms with Gasteiger partial charge in [-0.3, -0.25) is 9.80 Å². The Morgan fingerprint density at radius 1 is 0.810 bits per heavy atom. The molecule has 0 radical (unpaired) electrons. The van der Waals surface area contributed by atoms with Gasteiger partial charge >= 0.3 is 0 Å². The first-order valence-electron chi connectivity index (χ1n) is 15.7. The molecule has 9 nitrogen and oxygen atoms in total. The van der Waals surface area contributed by atoms with Crippen LogP contribution in [0.15, 0.2) is 60.9 Å². The number of benzene rings is 2. The summed E-state index contributed by atoms with van der Waals surface area (Å²) in [6, 6.07) is 19.7. The van der Waals surface area contributed by atoms with Crippen LogP contribution in [0.5, 0.6) is 11.5 Å². The summed E-state index contributed by atoms with van der Waals surface area (Å²) in [6.07, 6.45) is 9.30. The maximum absolute atomic E-state index is 6.41. The van der Waals surface area contributed by atoms with E-state index in [0.29, 0.717) is 23.3 Å². The summed E-state index contributed by atoms with van der Waals surface area (Å²) in [7, 11) is 0. The maximum Gasteiger partial charge on any atom is 0.164 e. The molecule has 1 saturated carbocycles. The first kappa shape index (κ1) is 26.1. The van der Waals surface area contributed by atoms with Crippen LogP contribution in [0.25, 0.3) is 22.3 Å². The molecule has 3 saturated heterocycles. The Balaban J connectivity index is 0.927. The number of nitrogens with zero attached hydrogens (tertiary/aromatic N) is 6. The molecule has 0 bridgehead atoms. The van der Waals surface area contributed by atoms with E-state index in [2.05, 4.69) is 29.8 Å². The normalized spacial score (nSPS) is 22.3. The van der Waals surface area contributed by atoms with Crippen molar-refractivity contribution in [2.24, 2.45) is 5.41 Å². The summed E-state index contributed by atoms with van der Waals surface area (Å²) in [6.45, 7) is 7.12. The van der Waals surface area contributed by atoms with Crippen LogP contribution in [-0.2, 0) is 0 Å². The molecule has 0 amide bonds. The lowest BCUT2D eigenvalue weighted by atomic mass is 9.60. The van der Waals surface area contributed by atoms with Crippen molar-refractivity contribution in [3.63, 3.8) is 0 Å². The molecule has 0 atom stereocenters. The number of ether oxygens (including phenoxy) is 1. The summed E-state index contributed by atoms with van der Waals surface area (Å²) in [5.74, 6) is 2.07. The van der Waals surface area contributed by atoms with Gasteiger partial charge in [0.1, 0.15) is 29.3 Å². The number of likely N-dealkylation sites (tertiary alicyclic amines) is 2. The van der Waals surface area contributed by atoms with Crippen LogP contribution in [-0.4, -0.2) is 80.9 Å². The van der Waals surface area contributed by atoms with Gasteiger partial charge in [-0.15, -0.1) is 0 Å². The number of para-hydroxylation sites is 1. The van der Waals surface area contributed by atoms with Crippen LogP contribution in [0.4, 0.5) is 5.82 Å². The van der Waals surface area contributed by atoms with Gasteiger partial charge in [0.25, 0.3) is 0 Å². The number of hydrogen-bond acceptors (Lipinski definition) is 8. The molecule has 9 heteroatoms. The fourth-order valence-corrected chi connectivity index (χ4v) is 7.83. The van der Waals surface area contributed by atoms with E-state index in [1.165, 1.54) is 51.9 Å². The molecule has 3 N–H and O–H groups in total. The van der Waals surface area contributed by atoms with E-state index in [1.807, 2.05) is 54.6 Å². The molecule has 4 aliphatic rings. The Labute approximate surface area is 247 Å². The quantitative estimate of drug-likeness (QED) is 0.347. The number of anilines is 1. The average molecular weight is 565 g/mol. The number of fused-ring (bicyclic) bond motifs is 1. The molecule has 0 unspecified atom stereocenters. The SMILES string of the molecule is Nc1ncnc2c1c(-c1ccc(Oc3ccccc3)cc1)nn2C1CCN(C2CN(C3CC4(CCNCC4)C3)C2)CC1. The number of hydrogen-bond donors (Lipinski definition) is 2. The first-order valence-corrected chi connectivity index (χ1v) is 15.7. The molecule has 8 rings (SSSR count). The molecule has 42 heavy (non-hydrogen) atoms. The van der Waals surface area contributed by atoms with Crippen LogP contribution in [0.2, 0.25) is 0 Å². The number of piperidine rings is 2. The molecule has 4 aromatic rings. The zero-order valence-corrected chi connectivity index (χ0v) is 24.2. The average Bonchev–Trinajstić information content (AvgIpc) is 3.38. The number of aromatic nitrogens is 4. The Hall–Kier alpha value is -3.53. The number of nitrogens with one attached hydrogen (secondary N) is 1. The molecule has 1 spiro atoms. The van der Waals surface area contributed by atoms with E-state index in [1.54, 1.807) is 6.33 Å². The van der Waals surface area contributed by atoms with Crippen LogP contribution < -0.4 is 15.8 Å². The summed E-state index contributed by atoms with van der Waals surface area (Å²) < 4.78 is 8.11. The third kappa shape index (κ3) is 4.73. The van der Waals surface area contributed by atoms with E-state index >= 15 is 0 Å². The van der Waals surface area contributed by atoms with Crippen molar-refractivity contribution >= 4 is 16.9 Å². The third-order valence-corrected chi connectivity index (χ3v) is 10.4. The summed E-state index contributed by atoms with van der Waals surface area (Å²) >= 11 is 0. The van der Waals surface area contributed by atoms with Crippen molar-refractivity contribution in [3.05, 3.63) is 60.9 Å². The molecule has 218 valence electrons. The zero-order valence-electron chi connectivity index (χ0n) is 24.2. The van der Waals surface area contributed by atoms with Crippen LogP contribution >= 0.6 is 0 Å². The van der Waals surface area contributed by atoms with Gasteiger partial charge in [0, 0.05) is 43.8 Å². The summed E-state index contributed by atoms with van der Waals surface area (Å²) in [5, 5.41) is 9.48. The monoisotopic (exact) mass is 564 g/mol. The molecular formula is C33H40N8O. The highest BCUT2D eigenvalue weighted by molar-refractivity contribution is 5.98. The second-order valence-corrected chi connectivity index (χ2v) is 12.9. The van der Waals surface area contributed by atoms with Crippen LogP contribution in [0, 0.1) is 5.41 Å². The van der Waals surface area contributed by atoms with Crippen molar-refractivity contribution in [3.8, 4) is 22.8 Å². The highest BCUT2D eigenvalue weighted by Crippen LogP contribution is 2.51. The van der Waals surface area contributed by atoms with E-state index in [0.717, 1.165) is 65.8 Å². The maximum atomic E-state index is 6.41. The highest BCUT2D eigenvalue weighted by Gasteiger charge is 2.49. The van der Waals surface area contributed by atoms with E-state index < -0.39 is 0 Å². The highest BCUT2D eigenvalue weighted by atomic mass is 16.5. The smallest absolute Gasteiger partial charge is 0.164 e. The summed E-state index contributed by atoms with van der Waals surface area (Å²) in [4.78, 5) is 14.4. The minimum Gasteiger partial charge on any atom is -0.457 e. The first-order chi connectivity index (χ1) is 20.6. The van der Waals surface area contributed by atoms with Crippen molar-refractivity contribution in [1.29, 1.82) is 0 Å². The van der Waals surface area contributed by atoms with Crippen molar-refractivity contribution < 1.29 is 4.74 Å². The van der Waals surface area contributed by atoms with Crippen molar-refractivity contribution in [2.75, 3.05) is 45.0 Å². The molecule has 4 fully saturated rings. The molecule has 5 heterocycles. The number of rotatable bonds is 6. The predicted molar refractivity (Wildman–Crippen MR) is 164 cm³/mol. The van der Waals surface area contributed by atoms with Gasteiger partial charge in [-0.05, 0) is 93.4 Å². The van der Waals surface area contributed by atoms with Crippen molar-refractivity contribution in [2.45, 2.75) is 56.7 Å². The van der Waals surface area contributed by atoms with E-state index in [4.69, 9.17) is 15.6 Å². The topological polar surface area (TPSA) is 97.4 Å². The third-order valence-electron chi connectivity index (χ3n) is 10.4. The van der Waals surface area contributed by atoms with E-state index in [9.17, 15) is 0 Å². The number of nitrogen functional groups attached to an aromatic ring is 1. The Kier molecular flexibility index (Phi) is 6.61. The van der Waals surface area contributed by atoms with Crippen molar-refractivity contribution in [1.82, 2.24) is 34.9 Å². The predicted octanol–water partition coefficient (Wildman–Crippen LogP) is 4.72. The zero-order chi connectivity index (χ0) is 28.1. The van der Waals surface area contributed by atoms with Crippen LogP contribution in [0.1, 0.15) is 44.6 Å². The fourth-order valence-electron chi connectivity index (χ4n) is 7.83. The van der Waals surface area contributed by atoms with Gasteiger partial charge in [-0.2, -0.15) is 5.10 Å². The largest absolute Gasteiger partial charge is 0.457 e. The summed E-state index contributed by atoms with van der Waals surface area (Å²) in [5.41, 5.74) is 9.71. The molecule has 2 aromatic carbocycles. The lowest BCUT2D eigenvalue weighted by Gasteiger charge is -2.59. The fraction of sp³-hybridized carbons (Fsp3) is 0.485. The Morgan fingerprint density at radius 2 is 1.52 bits per heavy atom. The second-order valence-electron chi connectivity index (χ2n) is 12.9. The number of nitrogens with two attached hydrogens (primary N) is 1. The lowest BCUT2D eigenvalue weighted by Crippen LogP contribution is -2.67. The van der Waals surface area contributed by atoms with Gasteiger partial charge in [-0.25, -0.2) is 14.6 Å². The van der Waals surface area contributed by atoms with Gasteiger partial charge in [0.2, 0.25) is 0 Å². The lowest BCUT2D eigenvalue weighted by molar-refractivity contribution is -0.0833. The molecule has 2 aromatic heterocycles. The van der Waals surface area contributed by atoms with Crippen LogP contribution in [0.3, 0.4) is 0 Å². The van der Waals surface area contributed by atoms with Gasteiger partial charge in [-0.1, -0.05) is 18.2 Å². The molecular weight excluding hydrogens is 524 g/mol. The second kappa shape index (κ2) is 10.6. The standard InChI is InChI=1S/C33H40N8O/c34-31-29-30(23-6-8-28(9-7-23)42-27-4-2-1-3-5-27)38-41(32(29)37-22-36-31)24-10-16-39(17-11-24)26-20-40(21-26)25-18-33(19-25)12-14-35-15-13-33/h1-9,22,24-26,35H,10-21H2,(H2,34,36,37).